The summed E-state index contributed by atoms with van der Waals surface area (Å²) >= 11 is 0. The number of piperidine rings is 1. The number of aliphatic hydroxyl groups is 1. The Balaban J connectivity index is 1.85. The third-order valence-corrected chi connectivity index (χ3v) is 7.73. The predicted octanol–water partition coefficient (Wildman–Crippen LogP) is 0.982. The molecule has 1 aliphatic heterocycles. The largest absolute Gasteiger partial charge is 0.489 e. The Morgan fingerprint density at radius 1 is 1.24 bits per heavy atom. The number of nitrogens with zero attached hydrogens (tertiary/aromatic N) is 1. The highest BCUT2D eigenvalue weighted by molar-refractivity contribution is 7.92. The van der Waals surface area contributed by atoms with E-state index in [0.717, 1.165) is 17.7 Å². The molecular formula is C21H21FN2O8S. The number of likely N-dealkylation sites (tertiary alicyclic amines) is 1. The maximum absolute atomic E-state index is 13.4. The van der Waals surface area contributed by atoms with Gasteiger partial charge in [0.25, 0.3) is 11.5 Å². The van der Waals surface area contributed by atoms with Gasteiger partial charge in [-0.1, -0.05) is 6.07 Å². The van der Waals surface area contributed by atoms with Gasteiger partial charge in [0.1, 0.15) is 23.4 Å². The molecule has 3 rings (SSSR count). The summed E-state index contributed by atoms with van der Waals surface area (Å²) in [5.41, 5.74) is 3.03. The highest BCUT2D eigenvalue weighted by atomic mass is 32.2. The summed E-state index contributed by atoms with van der Waals surface area (Å²) in [5.74, 6) is -3.90. The van der Waals surface area contributed by atoms with Gasteiger partial charge in [0.05, 0.1) is 4.90 Å². The first-order chi connectivity index (χ1) is 15.4. The minimum atomic E-state index is -4.53. The quantitative estimate of drug-likeness (QED) is 0.515. The molecule has 2 aromatic rings. The van der Waals surface area contributed by atoms with Crippen molar-refractivity contribution in [2.24, 2.45) is 5.73 Å². The van der Waals surface area contributed by atoms with Crippen LogP contribution in [-0.4, -0.2) is 58.8 Å². The number of primary amides is 1. The zero-order valence-corrected chi connectivity index (χ0v) is 18.2. The van der Waals surface area contributed by atoms with E-state index in [4.69, 9.17) is 10.5 Å². The van der Waals surface area contributed by atoms with Crippen molar-refractivity contribution in [3.05, 3.63) is 59.4 Å². The van der Waals surface area contributed by atoms with E-state index in [2.05, 4.69) is 0 Å². The maximum atomic E-state index is 13.4. The van der Waals surface area contributed by atoms with Gasteiger partial charge >= 0.3 is 12.0 Å². The van der Waals surface area contributed by atoms with E-state index >= 15 is 0 Å². The first-order valence-electron chi connectivity index (χ1n) is 9.68. The monoisotopic (exact) mass is 480 g/mol. The summed E-state index contributed by atoms with van der Waals surface area (Å²) < 4.78 is 45.2. The number of aryl methyl sites for hydroxylation is 1. The van der Waals surface area contributed by atoms with Crippen molar-refractivity contribution in [3.8, 4) is 5.75 Å². The number of urea groups is 1. The molecule has 1 fully saturated rings. The molecule has 2 unspecified atom stereocenters. The number of amides is 3. The Morgan fingerprint density at radius 3 is 2.45 bits per heavy atom. The summed E-state index contributed by atoms with van der Waals surface area (Å²) in [4.78, 5) is 35.5. The SMILES string of the molecule is Cc1ccc(F)cc1COc1ccc(S(=O)(=O)C2CCN(C(N)=O)C(=O)C2(O)C(=O)O)cc1. The fourth-order valence-electron chi connectivity index (χ4n) is 3.57. The molecule has 176 valence electrons. The normalized spacial score (nSPS) is 21.0. The highest BCUT2D eigenvalue weighted by Gasteiger charge is 2.61. The summed E-state index contributed by atoms with van der Waals surface area (Å²) in [6, 6.07) is 7.81. The van der Waals surface area contributed by atoms with Crippen LogP contribution < -0.4 is 10.5 Å². The molecule has 4 N–H and O–H groups in total. The molecule has 0 spiro atoms. The zero-order chi connectivity index (χ0) is 24.6. The minimum Gasteiger partial charge on any atom is -0.489 e. The van der Waals surface area contributed by atoms with Crippen LogP contribution in [0.15, 0.2) is 47.4 Å². The number of carboxylic acid groups (broad SMARTS) is 1. The number of ether oxygens (including phenoxy) is 1. The fourth-order valence-corrected chi connectivity index (χ4v) is 5.48. The number of aliphatic carboxylic acids is 1. The number of rotatable bonds is 6. The molecule has 12 heteroatoms. The molecule has 0 saturated carbocycles. The van der Waals surface area contributed by atoms with Crippen LogP contribution in [-0.2, 0) is 26.0 Å². The van der Waals surface area contributed by atoms with E-state index in [1.807, 2.05) is 0 Å². The van der Waals surface area contributed by atoms with Crippen LogP contribution in [0.1, 0.15) is 17.5 Å². The number of imide groups is 1. The predicted molar refractivity (Wildman–Crippen MR) is 111 cm³/mol. The average Bonchev–Trinajstić information content (AvgIpc) is 2.76. The Hall–Kier alpha value is -3.51. The van der Waals surface area contributed by atoms with E-state index in [-0.39, 0.29) is 17.3 Å². The average molecular weight is 480 g/mol. The second-order valence-corrected chi connectivity index (χ2v) is 9.65. The van der Waals surface area contributed by atoms with E-state index in [1.165, 1.54) is 24.3 Å². The fraction of sp³-hybridized carbons (Fsp3) is 0.286. The van der Waals surface area contributed by atoms with Crippen LogP contribution in [0.4, 0.5) is 9.18 Å². The number of hydrogen-bond acceptors (Lipinski definition) is 7. The van der Waals surface area contributed by atoms with Gasteiger partial charge in [0.15, 0.2) is 9.84 Å². The molecule has 1 heterocycles. The Kier molecular flexibility index (Phi) is 6.43. The summed E-state index contributed by atoms with van der Waals surface area (Å²) in [6.07, 6.45) is -0.531. The van der Waals surface area contributed by atoms with Gasteiger partial charge in [0, 0.05) is 6.54 Å². The summed E-state index contributed by atoms with van der Waals surface area (Å²) in [6.45, 7) is 1.33. The topological polar surface area (TPSA) is 164 Å². The first kappa shape index (κ1) is 24.1. The van der Waals surface area contributed by atoms with Crippen molar-refractivity contribution >= 4 is 27.7 Å². The van der Waals surface area contributed by atoms with Gasteiger partial charge in [-0.3, -0.25) is 9.69 Å². The number of halogens is 1. The molecule has 1 saturated heterocycles. The van der Waals surface area contributed by atoms with E-state index in [9.17, 15) is 37.4 Å². The lowest BCUT2D eigenvalue weighted by atomic mass is 9.91. The molecule has 0 aromatic heterocycles. The molecule has 0 aliphatic carbocycles. The van der Waals surface area contributed by atoms with Crippen molar-refractivity contribution in [2.45, 2.75) is 35.7 Å². The van der Waals surface area contributed by atoms with Crippen LogP contribution in [0.2, 0.25) is 0 Å². The number of hydrogen-bond donors (Lipinski definition) is 3. The van der Waals surface area contributed by atoms with Crippen LogP contribution in [0.5, 0.6) is 5.75 Å². The second-order valence-electron chi connectivity index (χ2n) is 7.52. The van der Waals surface area contributed by atoms with E-state index < -0.39 is 57.4 Å². The molecular weight excluding hydrogens is 459 g/mol. The third-order valence-electron chi connectivity index (χ3n) is 5.48. The molecule has 1 aliphatic rings. The van der Waals surface area contributed by atoms with Gasteiger partial charge < -0.3 is 20.7 Å². The minimum absolute atomic E-state index is 0.0224. The first-order valence-corrected chi connectivity index (χ1v) is 11.2. The van der Waals surface area contributed by atoms with Gasteiger partial charge in [0.2, 0.25) is 0 Å². The van der Waals surface area contributed by atoms with Crippen molar-refractivity contribution in [3.63, 3.8) is 0 Å². The molecule has 10 nitrogen and oxygen atoms in total. The number of carbonyl (C=O) groups excluding carboxylic acids is 2. The molecule has 3 amide bonds. The summed E-state index contributed by atoms with van der Waals surface area (Å²) in [7, 11) is -4.53. The number of nitrogens with two attached hydrogens (primary N) is 1. The summed E-state index contributed by atoms with van der Waals surface area (Å²) in [5, 5.41) is 18.0. The lowest BCUT2D eigenvalue weighted by Crippen LogP contribution is -2.68. The van der Waals surface area contributed by atoms with Crippen molar-refractivity contribution in [1.29, 1.82) is 0 Å². The molecule has 0 radical (unpaired) electrons. The molecule has 2 atom stereocenters. The second kappa shape index (κ2) is 8.79. The highest BCUT2D eigenvalue weighted by Crippen LogP contribution is 2.33. The van der Waals surface area contributed by atoms with Gasteiger partial charge in [-0.25, -0.2) is 22.4 Å². The molecule has 0 bridgehead atoms. The van der Waals surface area contributed by atoms with Crippen LogP contribution in [0.25, 0.3) is 0 Å². The Morgan fingerprint density at radius 2 is 1.88 bits per heavy atom. The number of sulfone groups is 1. The van der Waals surface area contributed by atoms with Crippen LogP contribution in [0, 0.1) is 12.7 Å². The molecule has 2 aromatic carbocycles. The molecule has 33 heavy (non-hydrogen) atoms. The standard InChI is InChI=1S/C21H21FN2O8S/c1-12-2-3-14(22)10-13(12)11-32-15-4-6-16(7-5-15)33(30,31)17-8-9-24(20(23)28)18(25)21(17,29)19(26)27/h2-7,10,17,29H,8-9,11H2,1H3,(H2,23,28)(H,26,27). The van der Waals surface area contributed by atoms with Gasteiger partial charge in [-0.2, -0.15) is 0 Å². The Bertz CT molecular complexity index is 1220. The van der Waals surface area contributed by atoms with Crippen molar-refractivity contribution in [1.82, 2.24) is 4.90 Å². The zero-order valence-electron chi connectivity index (χ0n) is 17.4. The third kappa shape index (κ3) is 4.39. The van der Waals surface area contributed by atoms with E-state index in [1.54, 1.807) is 13.0 Å². The lowest BCUT2D eigenvalue weighted by molar-refractivity contribution is -0.173. The van der Waals surface area contributed by atoms with Gasteiger partial charge in [-0.05, 0) is 60.9 Å². The lowest BCUT2D eigenvalue weighted by Gasteiger charge is -2.38. The number of carboxylic acids is 1. The number of carbonyl (C=O) groups is 3. The Labute approximate surface area is 188 Å². The van der Waals surface area contributed by atoms with E-state index in [0.29, 0.717) is 10.5 Å². The van der Waals surface area contributed by atoms with Gasteiger partial charge in [-0.15, -0.1) is 0 Å². The number of benzene rings is 2. The van der Waals surface area contributed by atoms with Crippen molar-refractivity contribution < 1.29 is 42.1 Å². The van der Waals surface area contributed by atoms with Crippen LogP contribution >= 0.6 is 0 Å². The van der Waals surface area contributed by atoms with Crippen molar-refractivity contribution in [2.75, 3.05) is 6.54 Å². The maximum Gasteiger partial charge on any atom is 0.347 e. The smallest absolute Gasteiger partial charge is 0.347 e. The van der Waals surface area contributed by atoms with Crippen LogP contribution in [0.3, 0.4) is 0 Å².